The SMILES string of the molecule is Cc1cnn(CCC2CCCC2(NC2CC2)C(=O)O)c1. The fourth-order valence-corrected chi connectivity index (χ4v) is 3.47. The molecule has 0 spiro atoms. The van der Waals surface area contributed by atoms with Crippen LogP contribution in [-0.4, -0.2) is 32.4 Å². The summed E-state index contributed by atoms with van der Waals surface area (Å²) in [6.07, 6.45) is 9.78. The quantitative estimate of drug-likeness (QED) is 0.834. The maximum absolute atomic E-state index is 11.8. The molecule has 110 valence electrons. The Kier molecular flexibility index (Phi) is 3.54. The van der Waals surface area contributed by atoms with Crippen LogP contribution in [0.15, 0.2) is 12.4 Å². The van der Waals surface area contributed by atoms with Gasteiger partial charge in [0.05, 0.1) is 6.20 Å². The molecule has 0 aromatic carbocycles. The van der Waals surface area contributed by atoms with E-state index in [0.29, 0.717) is 6.04 Å². The molecule has 2 N–H and O–H groups in total. The first-order valence-electron chi connectivity index (χ1n) is 7.60. The largest absolute Gasteiger partial charge is 0.480 e. The van der Waals surface area contributed by atoms with Crippen LogP contribution in [0.25, 0.3) is 0 Å². The maximum atomic E-state index is 11.8. The number of hydrogen-bond acceptors (Lipinski definition) is 3. The number of hydrogen-bond donors (Lipinski definition) is 2. The molecule has 5 heteroatoms. The smallest absolute Gasteiger partial charge is 0.324 e. The first-order valence-corrected chi connectivity index (χ1v) is 7.60. The highest BCUT2D eigenvalue weighted by atomic mass is 16.4. The van der Waals surface area contributed by atoms with Crippen molar-refractivity contribution in [1.82, 2.24) is 15.1 Å². The van der Waals surface area contributed by atoms with Crippen molar-refractivity contribution in [2.24, 2.45) is 5.92 Å². The van der Waals surface area contributed by atoms with E-state index in [9.17, 15) is 9.90 Å². The van der Waals surface area contributed by atoms with Gasteiger partial charge < -0.3 is 5.11 Å². The van der Waals surface area contributed by atoms with Crippen molar-refractivity contribution in [2.75, 3.05) is 0 Å². The molecule has 1 heterocycles. The lowest BCUT2D eigenvalue weighted by Gasteiger charge is -2.32. The molecule has 2 saturated carbocycles. The Labute approximate surface area is 119 Å². The summed E-state index contributed by atoms with van der Waals surface area (Å²) in [4.78, 5) is 11.8. The van der Waals surface area contributed by atoms with Crippen molar-refractivity contribution in [1.29, 1.82) is 0 Å². The maximum Gasteiger partial charge on any atom is 0.324 e. The third-order valence-electron chi connectivity index (χ3n) is 4.71. The fourth-order valence-electron chi connectivity index (χ4n) is 3.47. The van der Waals surface area contributed by atoms with Crippen LogP contribution in [0, 0.1) is 12.8 Å². The van der Waals surface area contributed by atoms with Gasteiger partial charge in [0.25, 0.3) is 0 Å². The van der Waals surface area contributed by atoms with E-state index in [4.69, 9.17) is 0 Å². The van der Waals surface area contributed by atoms with E-state index in [-0.39, 0.29) is 5.92 Å². The Balaban J connectivity index is 1.67. The van der Waals surface area contributed by atoms with Gasteiger partial charge in [0.1, 0.15) is 5.54 Å². The minimum absolute atomic E-state index is 0.213. The number of aryl methyl sites for hydroxylation is 2. The van der Waals surface area contributed by atoms with Gasteiger partial charge in [-0.25, -0.2) is 0 Å². The van der Waals surface area contributed by atoms with E-state index in [0.717, 1.165) is 50.6 Å². The molecule has 1 aromatic heterocycles. The van der Waals surface area contributed by atoms with Gasteiger partial charge >= 0.3 is 5.97 Å². The molecular weight excluding hydrogens is 254 g/mol. The number of carboxylic acids is 1. The molecule has 2 atom stereocenters. The van der Waals surface area contributed by atoms with Crippen LogP contribution in [0.5, 0.6) is 0 Å². The highest BCUT2D eigenvalue weighted by molar-refractivity contribution is 5.80. The standard InChI is InChI=1S/C15H23N3O2/c1-11-9-16-18(10-11)8-6-12-3-2-7-15(12,14(19)20)17-13-4-5-13/h9-10,12-13,17H,2-8H2,1H3,(H,19,20). The van der Waals surface area contributed by atoms with Gasteiger partial charge in [0.15, 0.2) is 0 Å². The van der Waals surface area contributed by atoms with Crippen LogP contribution in [0.3, 0.4) is 0 Å². The Hall–Kier alpha value is -1.36. The number of carbonyl (C=O) groups is 1. The van der Waals surface area contributed by atoms with Crippen molar-refractivity contribution >= 4 is 5.97 Å². The number of rotatable bonds is 6. The van der Waals surface area contributed by atoms with Crippen molar-refractivity contribution in [3.8, 4) is 0 Å². The van der Waals surface area contributed by atoms with Gasteiger partial charge in [-0.2, -0.15) is 5.10 Å². The van der Waals surface area contributed by atoms with Crippen LogP contribution in [0.4, 0.5) is 0 Å². The molecule has 3 rings (SSSR count). The van der Waals surface area contributed by atoms with E-state index in [1.165, 1.54) is 0 Å². The summed E-state index contributed by atoms with van der Waals surface area (Å²) in [5.41, 5.74) is 0.459. The second-order valence-corrected chi connectivity index (χ2v) is 6.35. The number of carboxylic acid groups (broad SMARTS) is 1. The monoisotopic (exact) mass is 277 g/mol. The number of nitrogens with zero attached hydrogens (tertiary/aromatic N) is 2. The molecular formula is C15H23N3O2. The number of nitrogens with one attached hydrogen (secondary N) is 1. The van der Waals surface area contributed by atoms with Gasteiger partial charge in [-0.05, 0) is 50.5 Å². The second kappa shape index (κ2) is 5.20. The molecule has 0 saturated heterocycles. The van der Waals surface area contributed by atoms with Gasteiger partial charge in [0, 0.05) is 18.8 Å². The zero-order valence-corrected chi connectivity index (χ0v) is 12.0. The Morgan fingerprint density at radius 2 is 2.35 bits per heavy atom. The van der Waals surface area contributed by atoms with Crippen molar-refractivity contribution < 1.29 is 9.90 Å². The van der Waals surface area contributed by atoms with Crippen LogP contribution in [0.1, 0.15) is 44.1 Å². The molecule has 2 aliphatic rings. The summed E-state index contributed by atoms with van der Waals surface area (Å²) in [6.45, 7) is 2.83. The lowest BCUT2D eigenvalue weighted by molar-refractivity contribution is -0.147. The molecule has 5 nitrogen and oxygen atoms in total. The first-order chi connectivity index (χ1) is 9.60. The molecule has 0 bridgehead atoms. The summed E-state index contributed by atoms with van der Waals surface area (Å²) in [7, 11) is 0. The fraction of sp³-hybridized carbons (Fsp3) is 0.733. The van der Waals surface area contributed by atoms with Crippen LogP contribution >= 0.6 is 0 Å². The van der Waals surface area contributed by atoms with E-state index in [1.54, 1.807) is 0 Å². The van der Waals surface area contributed by atoms with Crippen LogP contribution in [-0.2, 0) is 11.3 Å². The Bertz CT molecular complexity index is 495. The van der Waals surface area contributed by atoms with Gasteiger partial charge in [-0.15, -0.1) is 0 Å². The lowest BCUT2D eigenvalue weighted by Crippen LogP contribution is -2.55. The Morgan fingerprint density at radius 1 is 1.55 bits per heavy atom. The summed E-state index contributed by atoms with van der Waals surface area (Å²) in [5.74, 6) is -0.450. The highest BCUT2D eigenvalue weighted by Crippen LogP contribution is 2.41. The molecule has 0 amide bonds. The second-order valence-electron chi connectivity index (χ2n) is 6.35. The van der Waals surface area contributed by atoms with E-state index >= 15 is 0 Å². The third kappa shape index (κ3) is 2.59. The van der Waals surface area contributed by atoms with Crippen LogP contribution in [0.2, 0.25) is 0 Å². The van der Waals surface area contributed by atoms with Gasteiger partial charge in [-0.3, -0.25) is 14.8 Å². The minimum atomic E-state index is -0.691. The summed E-state index contributed by atoms with van der Waals surface area (Å²) < 4.78 is 1.93. The normalized spacial score (nSPS) is 29.8. The third-order valence-corrected chi connectivity index (χ3v) is 4.71. The number of aromatic nitrogens is 2. The zero-order chi connectivity index (χ0) is 14.2. The van der Waals surface area contributed by atoms with E-state index in [1.807, 2.05) is 24.0 Å². The average Bonchev–Trinajstić information content (AvgIpc) is 2.95. The minimum Gasteiger partial charge on any atom is -0.480 e. The lowest BCUT2D eigenvalue weighted by atomic mass is 9.84. The van der Waals surface area contributed by atoms with Gasteiger partial charge in [0.2, 0.25) is 0 Å². The number of aliphatic carboxylic acids is 1. The van der Waals surface area contributed by atoms with Crippen molar-refractivity contribution in [3.63, 3.8) is 0 Å². The molecule has 2 unspecified atom stereocenters. The summed E-state index contributed by atoms with van der Waals surface area (Å²) in [5, 5.41) is 17.4. The molecule has 0 aliphatic heterocycles. The van der Waals surface area contributed by atoms with E-state index in [2.05, 4.69) is 10.4 Å². The van der Waals surface area contributed by atoms with Crippen LogP contribution < -0.4 is 5.32 Å². The molecule has 2 aliphatic carbocycles. The highest BCUT2D eigenvalue weighted by Gasteiger charge is 2.51. The van der Waals surface area contributed by atoms with Crippen molar-refractivity contribution in [2.45, 2.75) is 63.6 Å². The first kappa shape index (κ1) is 13.6. The average molecular weight is 277 g/mol. The molecule has 2 fully saturated rings. The topological polar surface area (TPSA) is 67.2 Å². The Morgan fingerprint density at radius 3 is 2.95 bits per heavy atom. The molecule has 1 aromatic rings. The summed E-state index contributed by atoms with van der Waals surface area (Å²) in [6, 6.07) is 0.429. The zero-order valence-electron chi connectivity index (χ0n) is 12.0. The van der Waals surface area contributed by atoms with Crippen molar-refractivity contribution in [3.05, 3.63) is 18.0 Å². The predicted molar refractivity (Wildman–Crippen MR) is 75.4 cm³/mol. The summed E-state index contributed by atoms with van der Waals surface area (Å²) >= 11 is 0. The van der Waals surface area contributed by atoms with Gasteiger partial charge in [-0.1, -0.05) is 6.42 Å². The predicted octanol–water partition coefficient (Wildman–Crippen LogP) is 1.96. The van der Waals surface area contributed by atoms with E-state index < -0.39 is 11.5 Å². The molecule has 0 radical (unpaired) electrons. The molecule has 20 heavy (non-hydrogen) atoms.